The highest BCUT2D eigenvalue weighted by Gasteiger charge is 2.36. The van der Waals surface area contributed by atoms with Gasteiger partial charge in [0.15, 0.2) is 0 Å². The van der Waals surface area contributed by atoms with E-state index in [4.69, 9.17) is 11.6 Å². The quantitative estimate of drug-likeness (QED) is 0.860. The number of hydrogen-bond acceptors (Lipinski definition) is 2. The lowest BCUT2D eigenvalue weighted by molar-refractivity contribution is -0.147. The molecule has 1 aromatic rings. The summed E-state index contributed by atoms with van der Waals surface area (Å²) in [7, 11) is 0. The molecule has 1 saturated carbocycles. The van der Waals surface area contributed by atoms with Crippen molar-refractivity contribution in [3.63, 3.8) is 0 Å². The van der Waals surface area contributed by atoms with E-state index < -0.39 is 35.5 Å². The van der Waals surface area contributed by atoms with E-state index in [1.54, 1.807) is 0 Å². The fourth-order valence-electron chi connectivity index (χ4n) is 2.76. The Morgan fingerprint density at radius 3 is 2.35 bits per heavy atom. The Morgan fingerprint density at radius 1 is 1.17 bits per heavy atom. The van der Waals surface area contributed by atoms with E-state index in [2.05, 4.69) is 5.32 Å². The molecule has 1 fully saturated rings. The number of hydrogen-bond donors (Lipinski definition) is 2. The Balaban J connectivity index is 2.20. The fourth-order valence-corrected chi connectivity index (χ4v) is 2.93. The van der Waals surface area contributed by atoms with Gasteiger partial charge in [0, 0.05) is 0 Å². The van der Waals surface area contributed by atoms with Crippen LogP contribution in [0.15, 0.2) is 18.2 Å². The van der Waals surface area contributed by atoms with E-state index in [1.807, 2.05) is 0 Å². The number of carbonyl (C=O) groups excluding carboxylic acids is 1. The van der Waals surface area contributed by atoms with Crippen LogP contribution in [0, 0.1) is 11.8 Å². The third-order valence-electron chi connectivity index (χ3n) is 3.97. The summed E-state index contributed by atoms with van der Waals surface area (Å²) in [6.45, 7) is 0. The van der Waals surface area contributed by atoms with Crippen molar-refractivity contribution in [2.24, 2.45) is 11.8 Å². The van der Waals surface area contributed by atoms with Crippen LogP contribution in [0.5, 0.6) is 0 Å². The van der Waals surface area contributed by atoms with Gasteiger partial charge in [-0.3, -0.25) is 9.59 Å². The zero-order chi connectivity index (χ0) is 17.2. The number of alkyl halides is 3. The van der Waals surface area contributed by atoms with Gasteiger partial charge in [0.05, 0.1) is 28.1 Å². The van der Waals surface area contributed by atoms with Crippen LogP contribution in [0.3, 0.4) is 0 Å². The highest BCUT2D eigenvalue weighted by Crippen LogP contribution is 2.35. The Kier molecular flexibility index (Phi) is 5.19. The first-order chi connectivity index (χ1) is 10.7. The molecule has 1 aromatic carbocycles. The smallest absolute Gasteiger partial charge is 0.416 e. The lowest BCUT2D eigenvalue weighted by atomic mass is 9.78. The number of aliphatic carboxylic acids is 1. The number of halogens is 4. The van der Waals surface area contributed by atoms with Gasteiger partial charge in [0.25, 0.3) is 0 Å². The van der Waals surface area contributed by atoms with Crippen molar-refractivity contribution in [2.75, 3.05) is 5.32 Å². The SMILES string of the molecule is O=C(Nc1cc(C(F)(F)F)ccc1Cl)[C@H]1CCCC[C@H]1C(=O)O. The van der Waals surface area contributed by atoms with Gasteiger partial charge >= 0.3 is 12.1 Å². The number of nitrogens with one attached hydrogen (secondary N) is 1. The maximum Gasteiger partial charge on any atom is 0.416 e. The van der Waals surface area contributed by atoms with Crippen molar-refractivity contribution < 1.29 is 27.9 Å². The van der Waals surface area contributed by atoms with E-state index in [0.29, 0.717) is 25.7 Å². The van der Waals surface area contributed by atoms with Gasteiger partial charge in [-0.1, -0.05) is 24.4 Å². The van der Waals surface area contributed by atoms with E-state index in [-0.39, 0.29) is 10.7 Å². The van der Waals surface area contributed by atoms with Gasteiger partial charge in [-0.15, -0.1) is 0 Å². The average Bonchev–Trinajstić information content (AvgIpc) is 2.48. The molecule has 1 aliphatic rings. The topological polar surface area (TPSA) is 66.4 Å². The molecular formula is C15H15ClF3NO3. The molecule has 0 unspecified atom stereocenters. The van der Waals surface area contributed by atoms with Crippen molar-refractivity contribution in [2.45, 2.75) is 31.9 Å². The first-order valence-corrected chi connectivity index (χ1v) is 7.48. The van der Waals surface area contributed by atoms with Crippen LogP contribution in [0.4, 0.5) is 18.9 Å². The Hall–Kier alpha value is -1.76. The summed E-state index contributed by atoms with van der Waals surface area (Å²) < 4.78 is 38.2. The molecule has 0 radical (unpaired) electrons. The van der Waals surface area contributed by atoms with Crippen molar-refractivity contribution in [3.8, 4) is 0 Å². The minimum atomic E-state index is -4.56. The van der Waals surface area contributed by atoms with Crippen molar-refractivity contribution in [1.29, 1.82) is 0 Å². The van der Waals surface area contributed by atoms with E-state index >= 15 is 0 Å². The fraction of sp³-hybridized carbons (Fsp3) is 0.467. The largest absolute Gasteiger partial charge is 0.481 e. The summed E-state index contributed by atoms with van der Waals surface area (Å²) in [4.78, 5) is 23.5. The minimum absolute atomic E-state index is 0.0333. The number of anilines is 1. The van der Waals surface area contributed by atoms with Gasteiger partial charge in [0.2, 0.25) is 5.91 Å². The highest BCUT2D eigenvalue weighted by molar-refractivity contribution is 6.33. The monoisotopic (exact) mass is 349 g/mol. The number of carboxylic acid groups (broad SMARTS) is 1. The molecule has 0 bridgehead atoms. The van der Waals surface area contributed by atoms with Gasteiger partial charge < -0.3 is 10.4 Å². The van der Waals surface area contributed by atoms with Crippen LogP contribution in [-0.4, -0.2) is 17.0 Å². The molecule has 0 saturated heterocycles. The molecule has 2 N–H and O–H groups in total. The number of benzene rings is 1. The van der Waals surface area contributed by atoms with Gasteiger partial charge in [-0.05, 0) is 31.0 Å². The summed E-state index contributed by atoms with van der Waals surface area (Å²) in [6, 6.07) is 2.62. The molecule has 0 aliphatic heterocycles. The van der Waals surface area contributed by atoms with Crippen molar-refractivity contribution in [3.05, 3.63) is 28.8 Å². The average molecular weight is 350 g/mol. The molecule has 0 spiro atoms. The lowest BCUT2D eigenvalue weighted by Crippen LogP contribution is -2.36. The van der Waals surface area contributed by atoms with E-state index in [0.717, 1.165) is 18.2 Å². The predicted molar refractivity (Wildman–Crippen MR) is 78.2 cm³/mol. The molecule has 0 heterocycles. The Bertz CT molecular complexity index is 618. The second-order valence-corrected chi connectivity index (χ2v) is 5.92. The highest BCUT2D eigenvalue weighted by atomic mass is 35.5. The number of carbonyl (C=O) groups is 2. The molecule has 8 heteroatoms. The summed E-state index contributed by atoms with van der Waals surface area (Å²) in [5.41, 5.74) is -1.10. The van der Waals surface area contributed by atoms with Crippen LogP contribution >= 0.6 is 11.6 Å². The first kappa shape index (κ1) is 17.6. The second kappa shape index (κ2) is 6.78. The molecule has 0 aromatic heterocycles. The van der Waals surface area contributed by atoms with E-state index in [9.17, 15) is 27.9 Å². The molecule has 23 heavy (non-hydrogen) atoms. The van der Waals surface area contributed by atoms with Crippen LogP contribution in [0.2, 0.25) is 5.02 Å². The maximum atomic E-state index is 12.7. The number of carboxylic acids is 1. The molecule has 126 valence electrons. The molecular weight excluding hydrogens is 335 g/mol. The normalized spacial score (nSPS) is 21.7. The lowest BCUT2D eigenvalue weighted by Gasteiger charge is -2.27. The summed E-state index contributed by atoms with van der Waals surface area (Å²) in [6.07, 6.45) is -2.37. The zero-order valence-electron chi connectivity index (χ0n) is 12.0. The Labute approximate surface area is 135 Å². The van der Waals surface area contributed by atoms with Crippen LogP contribution in [0.25, 0.3) is 0 Å². The number of rotatable bonds is 3. The van der Waals surface area contributed by atoms with Crippen LogP contribution in [0.1, 0.15) is 31.2 Å². The third-order valence-corrected chi connectivity index (χ3v) is 4.30. The first-order valence-electron chi connectivity index (χ1n) is 7.10. The number of amides is 1. The van der Waals surface area contributed by atoms with Crippen LogP contribution in [-0.2, 0) is 15.8 Å². The maximum absolute atomic E-state index is 12.7. The molecule has 1 amide bonds. The Morgan fingerprint density at radius 2 is 1.78 bits per heavy atom. The van der Waals surface area contributed by atoms with E-state index in [1.165, 1.54) is 0 Å². The molecule has 4 nitrogen and oxygen atoms in total. The van der Waals surface area contributed by atoms with Gasteiger partial charge in [-0.25, -0.2) is 0 Å². The summed E-state index contributed by atoms with van der Waals surface area (Å²) in [5, 5.41) is 11.5. The minimum Gasteiger partial charge on any atom is -0.481 e. The third kappa shape index (κ3) is 4.16. The van der Waals surface area contributed by atoms with Crippen molar-refractivity contribution in [1.82, 2.24) is 0 Å². The predicted octanol–water partition coefficient (Wildman–Crippen LogP) is 4.19. The van der Waals surface area contributed by atoms with Crippen LogP contribution < -0.4 is 5.32 Å². The summed E-state index contributed by atoms with van der Waals surface area (Å²) >= 11 is 5.83. The standard InChI is InChI=1S/C15H15ClF3NO3/c16-11-6-5-8(15(17,18)19)7-12(11)20-13(21)9-3-1-2-4-10(9)14(22)23/h5-7,9-10H,1-4H2,(H,20,21)(H,22,23)/t9-,10+/m0/s1. The second-order valence-electron chi connectivity index (χ2n) is 5.52. The molecule has 1 aliphatic carbocycles. The summed E-state index contributed by atoms with van der Waals surface area (Å²) in [5.74, 6) is -3.28. The zero-order valence-corrected chi connectivity index (χ0v) is 12.7. The molecule has 2 rings (SSSR count). The van der Waals surface area contributed by atoms with Crippen molar-refractivity contribution >= 4 is 29.2 Å². The van der Waals surface area contributed by atoms with Gasteiger partial charge in [0.1, 0.15) is 0 Å². The van der Waals surface area contributed by atoms with Gasteiger partial charge in [-0.2, -0.15) is 13.2 Å². The molecule has 2 atom stereocenters.